The van der Waals surface area contributed by atoms with Gasteiger partial charge in [0.2, 0.25) is 0 Å². The van der Waals surface area contributed by atoms with E-state index in [1.165, 1.54) is 0 Å². The van der Waals surface area contributed by atoms with Gasteiger partial charge in [0, 0.05) is 16.9 Å². The smallest absolute Gasteiger partial charge is 0.331 e. The van der Waals surface area contributed by atoms with Crippen LogP contribution in [-0.2, 0) is 42.7 Å². The molecule has 4 saturated carbocycles. The molecule has 10 N–H and O–H groups in total. The zero-order valence-electron chi connectivity index (χ0n) is 33.8. The second kappa shape index (κ2) is 17.0. The van der Waals surface area contributed by atoms with Crippen molar-refractivity contribution in [3.05, 3.63) is 11.6 Å². The molecule has 4 aliphatic carbocycles. The molecule has 8 aliphatic rings. The first-order valence-corrected chi connectivity index (χ1v) is 21.5. The average Bonchev–Trinajstić information content (AvgIpc) is 3.79. The van der Waals surface area contributed by atoms with Crippen LogP contribution in [0.4, 0.5) is 0 Å². The summed E-state index contributed by atoms with van der Waals surface area (Å²) in [5.41, 5.74) is -1.12. The van der Waals surface area contributed by atoms with E-state index in [1.54, 1.807) is 13.0 Å². The fraction of sp³-hybridized carbons (Fsp3) is 0.902. The molecule has 0 amide bonds. The highest BCUT2D eigenvalue weighted by atomic mass is 16.8. The van der Waals surface area contributed by atoms with Crippen molar-refractivity contribution in [2.24, 2.45) is 34.5 Å². The zero-order valence-corrected chi connectivity index (χ0v) is 33.8. The number of rotatable bonds is 10. The molecule has 0 aromatic heterocycles. The summed E-state index contributed by atoms with van der Waals surface area (Å²) in [6.45, 7) is 2.67. The van der Waals surface area contributed by atoms with Crippen LogP contribution in [0.25, 0.3) is 0 Å². The first-order chi connectivity index (χ1) is 28.5. The van der Waals surface area contributed by atoms with Crippen LogP contribution in [0.15, 0.2) is 11.6 Å². The fourth-order valence-corrected chi connectivity index (χ4v) is 12.6. The Kier molecular flexibility index (Phi) is 12.7. The highest BCUT2D eigenvalue weighted by Gasteiger charge is 2.69. The fourth-order valence-electron chi connectivity index (χ4n) is 12.6. The molecule has 4 heterocycles. The Labute approximate surface area is 347 Å². The molecule has 23 atom stereocenters. The van der Waals surface area contributed by atoms with Crippen LogP contribution < -0.4 is 0 Å². The van der Waals surface area contributed by atoms with Crippen molar-refractivity contribution in [2.45, 2.75) is 175 Å². The maximum atomic E-state index is 13.2. The Bertz CT molecular complexity index is 1600. The number of hydrogen-bond donors (Lipinski definition) is 10. The van der Waals surface area contributed by atoms with Gasteiger partial charge >= 0.3 is 5.97 Å². The van der Waals surface area contributed by atoms with Crippen molar-refractivity contribution >= 4 is 12.3 Å². The lowest BCUT2D eigenvalue weighted by atomic mass is 9.43. The molecule has 8 rings (SSSR count). The molecule has 23 unspecified atom stereocenters. The molecule has 0 spiro atoms. The van der Waals surface area contributed by atoms with Crippen molar-refractivity contribution in [3.8, 4) is 0 Å². The topological polar surface area (TPSA) is 301 Å². The van der Waals surface area contributed by atoms with Crippen molar-refractivity contribution in [3.63, 3.8) is 0 Å². The third-order valence-electron chi connectivity index (χ3n) is 16.1. The van der Waals surface area contributed by atoms with E-state index in [1.807, 2.05) is 0 Å². The third kappa shape index (κ3) is 7.31. The Morgan fingerprint density at radius 3 is 2.10 bits per heavy atom. The van der Waals surface area contributed by atoms with Crippen molar-refractivity contribution < 1.29 is 93.8 Å². The van der Waals surface area contributed by atoms with Crippen molar-refractivity contribution in [1.82, 2.24) is 0 Å². The van der Waals surface area contributed by atoms with E-state index in [9.17, 15) is 60.7 Å². The molecule has 340 valence electrons. The van der Waals surface area contributed by atoms with E-state index in [0.717, 1.165) is 37.5 Å². The highest BCUT2D eigenvalue weighted by molar-refractivity contribution is 5.85. The summed E-state index contributed by atoms with van der Waals surface area (Å²) in [5, 5.41) is 107. The number of carbonyl (C=O) groups is 2. The first-order valence-electron chi connectivity index (χ1n) is 21.5. The minimum atomic E-state index is -1.84. The van der Waals surface area contributed by atoms with Gasteiger partial charge in [-0.15, -0.1) is 0 Å². The Balaban J connectivity index is 0.873. The summed E-state index contributed by atoms with van der Waals surface area (Å²) in [7, 11) is 0. The van der Waals surface area contributed by atoms with Gasteiger partial charge in [-0.1, -0.05) is 6.92 Å². The number of aldehydes is 1. The molecule has 0 aromatic rings. The van der Waals surface area contributed by atoms with Crippen LogP contribution in [0, 0.1) is 34.5 Å². The van der Waals surface area contributed by atoms with Crippen LogP contribution in [0.1, 0.15) is 71.6 Å². The van der Waals surface area contributed by atoms with E-state index in [0.29, 0.717) is 32.1 Å². The quantitative estimate of drug-likeness (QED) is 0.0607. The lowest BCUT2D eigenvalue weighted by Crippen LogP contribution is -2.65. The van der Waals surface area contributed by atoms with Crippen molar-refractivity contribution in [1.29, 1.82) is 0 Å². The number of aliphatic hydroxyl groups excluding tert-OH is 9. The summed E-state index contributed by atoms with van der Waals surface area (Å²) in [4.78, 5) is 25.2. The lowest BCUT2D eigenvalue weighted by Gasteiger charge is -2.63. The van der Waals surface area contributed by atoms with Gasteiger partial charge < -0.3 is 89.0 Å². The maximum Gasteiger partial charge on any atom is 0.331 e. The highest BCUT2D eigenvalue weighted by Crippen LogP contribution is 2.69. The molecule has 4 aliphatic heterocycles. The van der Waals surface area contributed by atoms with E-state index in [4.69, 9.17) is 33.2 Å². The molecule has 19 heteroatoms. The van der Waals surface area contributed by atoms with Crippen LogP contribution in [0.2, 0.25) is 0 Å². The summed E-state index contributed by atoms with van der Waals surface area (Å²) in [5.74, 6) is -0.427. The maximum absolute atomic E-state index is 13.2. The van der Waals surface area contributed by atoms with E-state index < -0.39 is 128 Å². The first kappa shape index (κ1) is 44.8. The molecular formula is C41H62O19. The molecule has 60 heavy (non-hydrogen) atoms. The van der Waals surface area contributed by atoms with E-state index >= 15 is 0 Å². The van der Waals surface area contributed by atoms with Gasteiger partial charge in [0.05, 0.1) is 31.0 Å². The number of ether oxygens (including phenoxy) is 7. The zero-order chi connectivity index (χ0) is 43.1. The van der Waals surface area contributed by atoms with E-state index in [2.05, 4.69) is 6.92 Å². The van der Waals surface area contributed by atoms with Crippen LogP contribution in [-0.4, -0.2) is 187 Å². The van der Waals surface area contributed by atoms with Crippen LogP contribution >= 0.6 is 0 Å². The van der Waals surface area contributed by atoms with Gasteiger partial charge in [-0.2, -0.15) is 0 Å². The molecular weight excluding hydrogens is 796 g/mol. The van der Waals surface area contributed by atoms with Gasteiger partial charge in [-0.25, -0.2) is 4.79 Å². The normalized spacial score (nSPS) is 54.3. The standard InChI is InChI=1S/C41H62O19/c1-17-35(60-38-33(51)30(48)28(46)25(59-38)15-55-36-32(50)29(47)27(45)24(13-42)58-36)31(49)34(52)37(56-17)57-20-5-9-40(16-43)19(12-20)3-4-23-22(40)6-8-39(2)21(7-10-41(23,39)53)18-11-26(44)54-14-18/h11,16-17,19-25,27-38,42,45-53H,3-10,12-15H2,1-2H3. The molecule has 0 bridgehead atoms. The molecule has 3 saturated heterocycles. The van der Waals surface area contributed by atoms with Gasteiger partial charge in [0.1, 0.15) is 80.0 Å². The summed E-state index contributed by atoms with van der Waals surface area (Å²) in [6.07, 6.45) is -15.2. The van der Waals surface area contributed by atoms with Gasteiger partial charge in [0.15, 0.2) is 18.9 Å². The number of fused-ring (bicyclic) bond motifs is 5. The second-order valence-electron chi connectivity index (χ2n) is 18.9. The predicted molar refractivity (Wildman–Crippen MR) is 199 cm³/mol. The average molecular weight is 859 g/mol. The Hall–Kier alpha value is -1.76. The summed E-state index contributed by atoms with van der Waals surface area (Å²) < 4.78 is 40.0. The van der Waals surface area contributed by atoms with Crippen LogP contribution in [0.5, 0.6) is 0 Å². The molecule has 0 radical (unpaired) electrons. The van der Waals surface area contributed by atoms with Gasteiger partial charge in [-0.3, -0.25) is 0 Å². The van der Waals surface area contributed by atoms with Crippen molar-refractivity contribution in [2.75, 3.05) is 19.8 Å². The summed E-state index contributed by atoms with van der Waals surface area (Å²) in [6, 6.07) is 0. The Morgan fingerprint density at radius 2 is 1.42 bits per heavy atom. The third-order valence-corrected chi connectivity index (χ3v) is 16.1. The predicted octanol–water partition coefficient (Wildman–Crippen LogP) is -2.72. The Morgan fingerprint density at radius 1 is 0.750 bits per heavy atom. The van der Waals surface area contributed by atoms with Gasteiger partial charge in [-0.05, 0) is 94.0 Å². The molecule has 0 aromatic carbocycles. The number of hydrogen-bond acceptors (Lipinski definition) is 19. The second-order valence-corrected chi connectivity index (χ2v) is 18.9. The monoisotopic (exact) mass is 858 g/mol. The largest absolute Gasteiger partial charge is 0.458 e. The number of carbonyl (C=O) groups excluding carboxylic acids is 2. The van der Waals surface area contributed by atoms with Crippen LogP contribution in [0.3, 0.4) is 0 Å². The molecule has 7 fully saturated rings. The summed E-state index contributed by atoms with van der Waals surface area (Å²) >= 11 is 0. The number of aliphatic hydroxyl groups is 10. The number of cyclic esters (lactones) is 1. The van der Waals surface area contributed by atoms with Gasteiger partial charge in [0.25, 0.3) is 0 Å². The SMILES string of the molecule is CC1OC(OC2CCC3(C=O)C(CCC4C3CCC3(C)C(C5=CC(=O)OC5)CCC43O)C2)C(O)C(O)C1OC1OC(COC2OC(CO)C(O)C(O)C2O)C(O)C(O)C1O. The lowest BCUT2D eigenvalue weighted by molar-refractivity contribution is -0.365. The molecule has 19 nitrogen and oxygen atoms in total. The number of esters is 1. The minimum absolute atomic E-state index is 0.0193. The minimum Gasteiger partial charge on any atom is -0.458 e. The van der Waals surface area contributed by atoms with E-state index in [-0.39, 0.29) is 36.2 Å².